The van der Waals surface area contributed by atoms with Gasteiger partial charge in [-0.1, -0.05) is 95.5 Å². The monoisotopic (exact) mass is 794 g/mol. The molecule has 0 saturated heterocycles. The molecule has 0 N–H and O–H groups in total. The van der Waals surface area contributed by atoms with E-state index in [-0.39, 0.29) is 19.5 Å². The predicted molar refractivity (Wildman–Crippen MR) is 214 cm³/mol. The zero-order valence-corrected chi connectivity index (χ0v) is 31.1. The lowest BCUT2D eigenvalue weighted by molar-refractivity contribution is 0.520. The molecule has 10 aromatic rings. The minimum Gasteiger partial charge on any atom is -0.222 e. The molecule has 0 amide bonds. The van der Waals surface area contributed by atoms with Gasteiger partial charge in [-0.05, 0) is 69.4 Å². The van der Waals surface area contributed by atoms with Gasteiger partial charge in [-0.25, -0.2) is 27.5 Å². The van der Waals surface area contributed by atoms with Gasteiger partial charge >= 0.3 is 0 Å². The van der Waals surface area contributed by atoms with E-state index >= 15 is 17.6 Å². The first-order valence-corrected chi connectivity index (χ1v) is 20.7. The van der Waals surface area contributed by atoms with E-state index in [1.54, 1.807) is 0 Å². The van der Waals surface area contributed by atoms with E-state index in [2.05, 4.69) is 22.1 Å². The summed E-state index contributed by atoms with van der Waals surface area (Å²) >= 11 is 7.05. The van der Waals surface area contributed by atoms with Crippen LogP contribution in [0.4, 0.5) is 17.6 Å². The smallest absolute Gasteiger partial charge is 0.180 e. The molecule has 0 unspecified atom stereocenters. The van der Waals surface area contributed by atoms with E-state index in [9.17, 15) is 0 Å². The van der Waals surface area contributed by atoms with Crippen LogP contribution in [0.5, 0.6) is 0 Å². The standard InChI is InChI=1S/C40H18F4N2S6/c41-29-31(43)35(49-33(29)27-17-23-15-21(11-13-25(23)47-27)19-7-3-1-4-8-19)37-45-39-40(51-37)46-38(52-39)36-32(44)30(42)34(50-36)28-18-24-16-22(12-14-26(24)48-28)20-9-5-2-6-10-20/h1-18H. The maximum absolute atomic E-state index is 15.5. The summed E-state index contributed by atoms with van der Waals surface area (Å²) in [7, 11) is 0. The number of nitrogens with zero attached hydrogens (tertiary/aromatic N) is 2. The zero-order valence-electron chi connectivity index (χ0n) is 26.2. The molecule has 0 aliphatic rings. The summed E-state index contributed by atoms with van der Waals surface area (Å²) in [5.74, 6) is -3.75. The number of hydrogen-bond donors (Lipinski definition) is 0. The second-order valence-corrected chi connectivity index (χ2v) is 18.0. The molecule has 0 spiro atoms. The highest BCUT2D eigenvalue weighted by molar-refractivity contribution is 7.33. The largest absolute Gasteiger partial charge is 0.222 e. The number of hydrogen-bond acceptors (Lipinski definition) is 8. The van der Waals surface area contributed by atoms with E-state index in [0.717, 1.165) is 87.8 Å². The Hall–Kier alpha value is -4.56. The highest BCUT2D eigenvalue weighted by Crippen LogP contribution is 2.49. The van der Waals surface area contributed by atoms with Crippen molar-refractivity contribution in [2.75, 3.05) is 0 Å². The molecule has 0 atom stereocenters. The van der Waals surface area contributed by atoms with Crippen molar-refractivity contribution in [3.8, 4) is 61.5 Å². The van der Waals surface area contributed by atoms with Gasteiger partial charge in [0.15, 0.2) is 32.9 Å². The Morgan fingerprint density at radius 1 is 0.365 bits per heavy atom. The van der Waals surface area contributed by atoms with Crippen molar-refractivity contribution >= 4 is 97.9 Å². The van der Waals surface area contributed by atoms with Crippen LogP contribution in [0.15, 0.2) is 109 Å². The Morgan fingerprint density at radius 2 is 0.769 bits per heavy atom. The average Bonchev–Trinajstić information content (AvgIpc) is 4.02. The normalized spacial score (nSPS) is 11.8. The summed E-state index contributed by atoms with van der Waals surface area (Å²) in [6, 6.07) is 35.9. The Morgan fingerprint density at radius 3 is 1.19 bits per heavy atom. The molecule has 0 radical (unpaired) electrons. The third-order valence-electron chi connectivity index (χ3n) is 8.65. The predicted octanol–water partition coefficient (Wildman–Crippen LogP) is 14.9. The number of thiophene rings is 4. The van der Waals surface area contributed by atoms with Crippen molar-refractivity contribution in [2.45, 2.75) is 0 Å². The fraction of sp³-hybridized carbons (Fsp3) is 0. The summed E-state index contributed by atoms with van der Waals surface area (Å²) in [6.45, 7) is 0. The SMILES string of the molecule is Fc1c(-c2cc3cc(-c4ccccc4)ccc3s2)sc(-c2nc3sc(-c4sc(-c5cc6cc(-c7ccccc7)ccc6s5)c(F)c4F)nc3s2)c1F. The molecule has 4 aromatic carbocycles. The highest BCUT2D eigenvalue weighted by atomic mass is 32.1. The highest BCUT2D eigenvalue weighted by Gasteiger charge is 2.28. The van der Waals surface area contributed by atoms with Crippen LogP contribution < -0.4 is 0 Å². The molecule has 6 aromatic heterocycles. The molecule has 2 nitrogen and oxygen atoms in total. The third-order valence-corrected chi connectivity index (χ3v) is 15.9. The zero-order chi connectivity index (χ0) is 35.1. The fourth-order valence-electron chi connectivity index (χ4n) is 6.14. The second kappa shape index (κ2) is 12.5. The van der Waals surface area contributed by atoms with Crippen molar-refractivity contribution in [3.63, 3.8) is 0 Å². The van der Waals surface area contributed by atoms with Crippen LogP contribution in [0, 0.1) is 23.3 Å². The van der Waals surface area contributed by atoms with Gasteiger partial charge in [0.25, 0.3) is 0 Å². The number of fused-ring (bicyclic) bond motifs is 3. The van der Waals surface area contributed by atoms with Gasteiger partial charge in [0.05, 0.1) is 9.75 Å². The minimum absolute atomic E-state index is 0.0856. The quantitative estimate of drug-likeness (QED) is 0.157. The van der Waals surface area contributed by atoms with E-state index in [4.69, 9.17) is 0 Å². The number of thiazole rings is 2. The lowest BCUT2D eigenvalue weighted by Gasteiger charge is -2.00. The Labute approximate surface area is 317 Å². The van der Waals surface area contributed by atoms with E-state index < -0.39 is 23.3 Å². The summed E-state index contributed by atoms with van der Waals surface area (Å²) in [5, 5.41) is 2.48. The lowest BCUT2D eigenvalue weighted by atomic mass is 10.0. The Bertz CT molecular complexity index is 2740. The molecule has 12 heteroatoms. The lowest BCUT2D eigenvalue weighted by Crippen LogP contribution is -1.80. The van der Waals surface area contributed by atoms with Gasteiger partial charge in [-0.15, -0.1) is 45.3 Å². The molecule has 6 heterocycles. The number of benzene rings is 4. The van der Waals surface area contributed by atoms with Crippen molar-refractivity contribution < 1.29 is 17.6 Å². The number of aromatic nitrogens is 2. The van der Waals surface area contributed by atoms with Gasteiger partial charge in [0.2, 0.25) is 0 Å². The maximum Gasteiger partial charge on any atom is 0.180 e. The molecule has 52 heavy (non-hydrogen) atoms. The first-order chi connectivity index (χ1) is 25.4. The van der Waals surface area contributed by atoms with Crippen LogP contribution in [-0.2, 0) is 0 Å². The van der Waals surface area contributed by atoms with Crippen LogP contribution in [0.25, 0.3) is 91.4 Å². The number of halogens is 4. The van der Waals surface area contributed by atoms with Gasteiger partial charge in [-0.2, -0.15) is 0 Å². The first kappa shape index (κ1) is 32.1. The topological polar surface area (TPSA) is 25.8 Å². The second-order valence-electron chi connectivity index (χ2n) is 11.9. The molecule has 0 fully saturated rings. The molecular weight excluding hydrogens is 777 g/mol. The van der Waals surface area contributed by atoms with Gasteiger partial charge in [0, 0.05) is 19.2 Å². The van der Waals surface area contributed by atoms with Gasteiger partial charge in [-0.3, -0.25) is 0 Å². The first-order valence-electron chi connectivity index (χ1n) is 15.8. The van der Waals surface area contributed by atoms with Crippen LogP contribution in [-0.4, -0.2) is 9.97 Å². The van der Waals surface area contributed by atoms with Crippen molar-refractivity contribution in [2.24, 2.45) is 0 Å². The molecule has 0 bridgehead atoms. The summed E-state index contributed by atoms with van der Waals surface area (Å²) in [6.07, 6.45) is 0. The Balaban J connectivity index is 0.953. The van der Waals surface area contributed by atoms with Crippen LogP contribution in [0.1, 0.15) is 0 Å². The van der Waals surface area contributed by atoms with E-state index in [0.29, 0.717) is 29.4 Å². The van der Waals surface area contributed by atoms with Crippen LogP contribution in [0.2, 0.25) is 0 Å². The summed E-state index contributed by atoms with van der Waals surface area (Å²) in [5.41, 5.74) is 4.25. The molecule has 0 saturated carbocycles. The average molecular weight is 795 g/mol. The van der Waals surface area contributed by atoms with Crippen molar-refractivity contribution in [3.05, 3.63) is 132 Å². The third kappa shape index (κ3) is 5.36. The van der Waals surface area contributed by atoms with Crippen LogP contribution in [0.3, 0.4) is 0 Å². The van der Waals surface area contributed by atoms with Crippen molar-refractivity contribution in [1.82, 2.24) is 9.97 Å². The summed E-state index contributed by atoms with van der Waals surface area (Å²) < 4.78 is 63.8. The van der Waals surface area contributed by atoms with E-state index in [1.165, 1.54) is 22.7 Å². The molecule has 0 aliphatic carbocycles. The molecule has 10 rings (SSSR count). The van der Waals surface area contributed by atoms with Crippen LogP contribution >= 0.6 is 68.0 Å². The molecular formula is C40H18F4N2S6. The fourth-order valence-corrected chi connectivity index (χ4v) is 12.7. The number of rotatable bonds is 6. The van der Waals surface area contributed by atoms with Crippen molar-refractivity contribution in [1.29, 1.82) is 0 Å². The molecule has 252 valence electrons. The molecule has 0 aliphatic heterocycles. The maximum atomic E-state index is 15.5. The van der Waals surface area contributed by atoms with E-state index in [1.807, 2.05) is 97.1 Å². The Kier molecular flexibility index (Phi) is 7.75. The van der Waals surface area contributed by atoms with Gasteiger partial charge < -0.3 is 0 Å². The van der Waals surface area contributed by atoms with Gasteiger partial charge in [0.1, 0.15) is 19.8 Å². The minimum atomic E-state index is -0.959. The summed E-state index contributed by atoms with van der Waals surface area (Å²) in [4.78, 5) is 11.9.